The Bertz CT molecular complexity index is 873. The van der Waals surface area contributed by atoms with E-state index in [2.05, 4.69) is 10.3 Å². The Labute approximate surface area is 140 Å². The van der Waals surface area contributed by atoms with Gasteiger partial charge in [-0.2, -0.15) is 0 Å². The Morgan fingerprint density at radius 3 is 2.54 bits per heavy atom. The van der Waals surface area contributed by atoms with Gasteiger partial charge in [-0.1, -0.05) is 18.2 Å². The first-order valence-electron chi connectivity index (χ1n) is 7.77. The van der Waals surface area contributed by atoms with Crippen LogP contribution in [0, 0.1) is 0 Å². The summed E-state index contributed by atoms with van der Waals surface area (Å²) in [5.41, 5.74) is 7.37. The number of fused-ring (bicyclic) bond motifs is 1. The molecule has 2 aromatic carbocycles. The van der Waals surface area contributed by atoms with Crippen LogP contribution in [0.1, 0.15) is 24.3 Å². The van der Waals surface area contributed by atoms with E-state index in [1.165, 1.54) is 0 Å². The third-order valence-corrected chi connectivity index (χ3v) is 3.44. The van der Waals surface area contributed by atoms with Gasteiger partial charge in [-0.3, -0.25) is 4.79 Å². The number of amides is 1. The summed E-state index contributed by atoms with van der Waals surface area (Å²) < 4.78 is 5.91. The molecule has 3 rings (SSSR count). The van der Waals surface area contributed by atoms with Crippen molar-refractivity contribution >= 4 is 22.5 Å². The number of nitrogens with one attached hydrogen (secondary N) is 1. The van der Waals surface area contributed by atoms with Crippen molar-refractivity contribution in [3.8, 4) is 11.5 Å². The molecule has 0 spiro atoms. The number of pyridine rings is 1. The zero-order valence-electron chi connectivity index (χ0n) is 13.6. The van der Waals surface area contributed by atoms with Crippen LogP contribution in [0.25, 0.3) is 10.9 Å². The molecule has 3 aromatic rings. The molecule has 0 saturated carbocycles. The van der Waals surface area contributed by atoms with E-state index in [1.54, 1.807) is 30.3 Å². The molecule has 1 heterocycles. The van der Waals surface area contributed by atoms with Gasteiger partial charge >= 0.3 is 0 Å². The zero-order valence-corrected chi connectivity index (χ0v) is 13.6. The average Bonchev–Trinajstić information content (AvgIpc) is 2.56. The van der Waals surface area contributed by atoms with Gasteiger partial charge in [-0.05, 0) is 50.2 Å². The highest BCUT2D eigenvalue weighted by Crippen LogP contribution is 2.29. The van der Waals surface area contributed by atoms with Gasteiger partial charge < -0.3 is 15.8 Å². The number of carbonyl (C=O) groups excluding carboxylic acids is 1. The number of hydrogen-bond donors (Lipinski definition) is 2. The van der Waals surface area contributed by atoms with Crippen LogP contribution < -0.4 is 15.8 Å². The van der Waals surface area contributed by atoms with Gasteiger partial charge in [0.1, 0.15) is 17.0 Å². The van der Waals surface area contributed by atoms with E-state index >= 15 is 0 Å². The van der Waals surface area contributed by atoms with Crippen molar-refractivity contribution in [2.75, 3.05) is 5.73 Å². The fourth-order valence-electron chi connectivity index (χ4n) is 2.33. The molecule has 3 N–H and O–H groups in total. The van der Waals surface area contributed by atoms with Gasteiger partial charge in [0.25, 0.3) is 5.91 Å². The summed E-state index contributed by atoms with van der Waals surface area (Å²) in [4.78, 5) is 16.7. The van der Waals surface area contributed by atoms with Gasteiger partial charge in [0.05, 0.1) is 0 Å². The summed E-state index contributed by atoms with van der Waals surface area (Å²) in [7, 11) is 0. The minimum Gasteiger partial charge on any atom is -0.455 e. The fraction of sp³-hybridized carbons (Fsp3) is 0.158. The van der Waals surface area contributed by atoms with E-state index in [0.717, 1.165) is 5.39 Å². The average molecular weight is 321 g/mol. The van der Waals surface area contributed by atoms with E-state index in [1.807, 2.05) is 38.1 Å². The minimum absolute atomic E-state index is 0.0521. The molecular formula is C19H19N3O2. The molecule has 0 saturated heterocycles. The quantitative estimate of drug-likeness (QED) is 0.718. The maximum absolute atomic E-state index is 12.2. The summed E-state index contributed by atoms with van der Waals surface area (Å²) in [5, 5.41) is 3.75. The Hall–Kier alpha value is -3.08. The second-order valence-electron chi connectivity index (χ2n) is 5.82. The third-order valence-electron chi connectivity index (χ3n) is 3.44. The van der Waals surface area contributed by atoms with E-state index in [9.17, 15) is 4.79 Å². The zero-order chi connectivity index (χ0) is 17.1. The first-order valence-corrected chi connectivity index (χ1v) is 7.77. The van der Waals surface area contributed by atoms with Crippen LogP contribution in [-0.4, -0.2) is 16.9 Å². The molecule has 0 aliphatic heterocycles. The van der Waals surface area contributed by atoms with Gasteiger partial charge in [-0.15, -0.1) is 0 Å². The Morgan fingerprint density at radius 1 is 1.08 bits per heavy atom. The van der Waals surface area contributed by atoms with E-state index in [4.69, 9.17) is 10.5 Å². The molecule has 0 unspecified atom stereocenters. The molecule has 0 aliphatic rings. The molecule has 24 heavy (non-hydrogen) atoms. The highest BCUT2D eigenvalue weighted by Gasteiger charge is 2.12. The Kier molecular flexibility index (Phi) is 4.33. The lowest BCUT2D eigenvalue weighted by Gasteiger charge is -2.11. The van der Waals surface area contributed by atoms with Crippen LogP contribution in [-0.2, 0) is 0 Å². The molecule has 0 radical (unpaired) electrons. The molecule has 1 aromatic heterocycles. The van der Waals surface area contributed by atoms with Crippen molar-refractivity contribution in [3.63, 3.8) is 0 Å². The summed E-state index contributed by atoms with van der Waals surface area (Å²) >= 11 is 0. The number of aromatic nitrogens is 1. The number of hydrogen-bond acceptors (Lipinski definition) is 4. The number of rotatable bonds is 4. The lowest BCUT2D eigenvalue weighted by Crippen LogP contribution is -2.30. The summed E-state index contributed by atoms with van der Waals surface area (Å²) in [6.45, 7) is 3.82. The van der Waals surface area contributed by atoms with Crippen molar-refractivity contribution in [1.29, 1.82) is 0 Å². The van der Waals surface area contributed by atoms with Crippen molar-refractivity contribution < 1.29 is 9.53 Å². The largest absolute Gasteiger partial charge is 0.455 e. The minimum atomic E-state index is -0.200. The van der Waals surface area contributed by atoms with Gasteiger partial charge in [0.15, 0.2) is 5.75 Å². The van der Waals surface area contributed by atoms with Crippen LogP contribution in [0.15, 0.2) is 54.6 Å². The van der Waals surface area contributed by atoms with E-state index in [0.29, 0.717) is 28.4 Å². The van der Waals surface area contributed by atoms with Crippen molar-refractivity contribution in [2.24, 2.45) is 0 Å². The van der Waals surface area contributed by atoms with Crippen molar-refractivity contribution in [3.05, 3.63) is 60.3 Å². The predicted octanol–water partition coefficient (Wildman–Crippen LogP) is 3.75. The number of carbonyl (C=O) groups is 1. The van der Waals surface area contributed by atoms with Crippen LogP contribution in [0.3, 0.4) is 0 Å². The molecule has 0 bridgehead atoms. The molecule has 122 valence electrons. The topological polar surface area (TPSA) is 77.2 Å². The Morgan fingerprint density at radius 2 is 1.83 bits per heavy atom. The second kappa shape index (κ2) is 6.58. The fourth-order valence-corrected chi connectivity index (χ4v) is 2.33. The number of nitrogen functional groups attached to an aromatic ring is 1. The highest BCUT2D eigenvalue weighted by atomic mass is 16.5. The summed E-state index contributed by atoms with van der Waals surface area (Å²) in [5.74, 6) is 1.06. The second-order valence-corrected chi connectivity index (χ2v) is 5.82. The number of nitrogens with zero attached hydrogens (tertiary/aromatic N) is 1. The number of para-hydroxylation sites is 1. The van der Waals surface area contributed by atoms with Gasteiger partial charge in [0.2, 0.25) is 0 Å². The summed E-state index contributed by atoms with van der Waals surface area (Å²) in [6.07, 6.45) is 0. The number of benzene rings is 2. The predicted molar refractivity (Wildman–Crippen MR) is 95.3 cm³/mol. The smallest absolute Gasteiger partial charge is 0.270 e. The molecule has 0 atom stereocenters. The lowest BCUT2D eigenvalue weighted by atomic mass is 10.2. The summed E-state index contributed by atoms with van der Waals surface area (Å²) in [6, 6.07) is 16.4. The molecule has 5 heteroatoms. The molecule has 5 nitrogen and oxygen atoms in total. The molecule has 0 fully saturated rings. The van der Waals surface area contributed by atoms with Crippen LogP contribution >= 0.6 is 0 Å². The molecule has 0 aliphatic carbocycles. The molecule has 1 amide bonds. The Balaban J connectivity index is 1.98. The van der Waals surface area contributed by atoms with Crippen LogP contribution in [0.5, 0.6) is 11.5 Å². The standard InChI is InChI=1S/C19H19N3O2/c1-12(2)21-19(23)16-11-6-13-4-3-5-17(18(13)22-16)24-15-9-7-14(20)8-10-15/h3-12H,20H2,1-2H3,(H,21,23). The normalized spacial score (nSPS) is 10.8. The third kappa shape index (κ3) is 3.46. The van der Waals surface area contributed by atoms with Gasteiger partial charge in [0, 0.05) is 17.1 Å². The van der Waals surface area contributed by atoms with Gasteiger partial charge in [-0.25, -0.2) is 4.98 Å². The number of anilines is 1. The first kappa shape index (κ1) is 15.8. The molecular weight excluding hydrogens is 302 g/mol. The lowest BCUT2D eigenvalue weighted by molar-refractivity contribution is 0.0938. The van der Waals surface area contributed by atoms with Crippen molar-refractivity contribution in [1.82, 2.24) is 10.3 Å². The van der Waals surface area contributed by atoms with Crippen LogP contribution in [0.2, 0.25) is 0 Å². The SMILES string of the molecule is CC(C)NC(=O)c1ccc2cccc(Oc3ccc(N)cc3)c2n1. The van der Waals surface area contributed by atoms with E-state index < -0.39 is 0 Å². The van der Waals surface area contributed by atoms with Crippen molar-refractivity contribution in [2.45, 2.75) is 19.9 Å². The van der Waals surface area contributed by atoms with Crippen LogP contribution in [0.4, 0.5) is 5.69 Å². The first-order chi connectivity index (χ1) is 11.5. The maximum atomic E-state index is 12.2. The van der Waals surface area contributed by atoms with E-state index in [-0.39, 0.29) is 11.9 Å². The number of ether oxygens (including phenoxy) is 1. The monoisotopic (exact) mass is 321 g/mol. The highest BCUT2D eigenvalue weighted by molar-refractivity contribution is 5.96. The number of nitrogens with two attached hydrogens (primary N) is 1. The maximum Gasteiger partial charge on any atom is 0.270 e.